The number of rotatable bonds is 8. The molecule has 2 aromatic heterocycles. The van der Waals surface area contributed by atoms with Crippen LogP contribution in [0, 0.1) is 5.92 Å². The van der Waals surface area contributed by atoms with E-state index < -0.39 is 34.5 Å². The molecule has 4 atom stereocenters. The van der Waals surface area contributed by atoms with E-state index in [1.54, 1.807) is 16.8 Å². The molecule has 1 aliphatic carbocycles. The highest BCUT2D eigenvalue weighted by Crippen LogP contribution is 2.30. The summed E-state index contributed by atoms with van der Waals surface area (Å²) in [6.45, 7) is -0.313. The Balaban J connectivity index is 1.36. The SMILES string of the molecule is NS(=O)(=O)OC[C@H]1C[C@@H](Nc2ccnc3cc(-c4cccc(Cc5ccccc5)c4)nn23)[C@H](O)[C@@H]1O. The normalized spacial score (nSPS) is 22.2. The Morgan fingerprint density at radius 2 is 1.81 bits per heavy atom. The third kappa shape index (κ3) is 5.40. The summed E-state index contributed by atoms with van der Waals surface area (Å²) in [4.78, 5) is 4.41. The smallest absolute Gasteiger partial charge is 0.333 e. The molecule has 4 aromatic rings. The van der Waals surface area contributed by atoms with Crippen molar-refractivity contribution >= 4 is 21.8 Å². The van der Waals surface area contributed by atoms with Crippen LogP contribution in [-0.4, -0.2) is 58.1 Å². The van der Waals surface area contributed by atoms with E-state index in [0.717, 1.165) is 23.2 Å². The van der Waals surface area contributed by atoms with Crippen LogP contribution in [0.15, 0.2) is 72.9 Å². The van der Waals surface area contributed by atoms with Crippen LogP contribution >= 0.6 is 0 Å². The van der Waals surface area contributed by atoms with Crippen molar-refractivity contribution in [1.82, 2.24) is 14.6 Å². The minimum atomic E-state index is -4.14. The number of aliphatic hydroxyl groups is 2. The summed E-state index contributed by atoms with van der Waals surface area (Å²) in [5.41, 5.74) is 4.71. The van der Waals surface area contributed by atoms with Crippen LogP contribution in [-0.2, 0) is 20.9 Å². The Morgan fingerprint density at radius 1 is 1.03 bits per heavy atom. The van der Waals surface area contributed by atoms with E-state index in [2.05, 4.69) is 38.7 Å². The molecular formula is C25H27N5O5S. The van der Waals surface area contributed by atoms with E-state index in [4.69, 9.17) is 10.2 Å². The van der Waals surface area contributed by atoms with Crippen LogP contribution in [0.4, 0.5) is 5.82 Å². The number of hydrogen-bond acceptors (Lipinski definition) is 8. The number of fused-ring (bicyclic) bond motifs is 1. The number of nitrogens with zero attached hydrogens (tertiary/aromatic N) is 3. The van der Waals surface area contributed by atoms with E-state index in [9.17, 15) is 18.6 Å². The van der Waals surface area contributed by atoms with Gasteiger partial charge in [-0.2, -0.15) is 18.0 Å². The summed E-state index contributed by atoms with van der Waals surface area (Å²) in [7, 11) is -4.14. The highest BCUT2D eigenvalue weighted by atomic mass is 32.2. The average Bonchev–Trinajstić information content (AvgIpc) is 3.41. The Morgan fingerprint density at radius 3 is 2.58 bits per heavy atom. The van der Waals surface area contributed by atoms with E-state index in [1.165, 1.54) is 5.56 Å². The molecule has 188 valence electrons. The molecule has 0 bridgehead atoms. The van der Waals surface area contributed by atoms with Crippen LogP contribution < -0.4 is 10.5 Å². The van der Waals surface area contributed by atoms with Gasteiger partial charge in [0.15, 0.2) is 5.65 Å². The summed E-state index contributed by atoms with van der Waals surface area (Å²) in [5, 5.41) is 33.7. The average molecular weight is 510 g/mol. The first-order valence-electron chi connectivity index (χ1n) is 11.5. The Kier molecular flexibility index (Phi) is 6.73. The zero-order valence-corrected chi connectivity index (χ0v) is 20.1. The summed E-state index contributed by atoms with van der Waals surface area (Å²) in [5.74, 6) is -0.0235. The zero-order valence-electron chi connectivity index (χ0n) is 19.3. The van der Waals surface area contributed by atoms with Crippen molar-refractivity contribution < 1.29 is 22.8 Å². The molecule has 0 radical (unpaired) electrons. The zero-order chi connectivity index (χ0) is 25.3. The molecule has 1 aliphatic rings. The van der Waals surface area contributed by atoms with Gasteiger partial charge in [-0.1, -0.05) is 48.5 Å². The van der Waals surface area contributed by atoms with Gasteiger partial charge < -0.3 is 15.5 Å². The quantitative estimate of drug-likeness (QED) is 0.280. The minimum Gasteiger partial charge on any atom is -0.390 e. The molecular weight excluding hydrogens is 482 g/mol. The lowest BCUT2D eigenvalue weighted by molar-refractivity contribution is 0.00777. The number of anilines is 1. The first-order valence-corrected chi connectivity index (χ1v) is 13.0. The monoisotopic (exact) mass is 509 g/mol. The molecule has 10 nitrogen and oxygen atoms in total. The van der Waals surface area contributed by atoms with Crippen molar-refractivity contribution in [2.75, 3.05) is 11.9 Å². The lowest BCUT2D eigenvalue weighted by atomic mass is 10.0. The fraction of sp³-hybridized carbons (Fsp3) is 0.280. The summed E-state index contributed by atoms with van der Waals surface area (Å²) in [6, 6.07) is 21.5. The molecule has 1 fully saturated rings. The van der Waals surface area contributed by atoms with Gasteiger partial charge in [0.25, 0.3) is 0 Å². The van der Waals surface area contributed by atoms with Crippen LogP contribution in [0.25, 0.3) is 16.9 Å². The molecule has 2 heterocycles. The molecule has 36 heavy (non-hydrogen) atoms. The van der Waals surface area contributed by atoms with Crippen LogP contribution in [0.5, 0.6) is 0 Å². The van der Waals surface area contributed by atoms with Gasteiger partial charge in [0.2, 0.25) is 0 Å². The lowest BCUT2D eigenvalue weighted by Crippen LogP contribution is -2.36. The fourth-order valence-electron chi connectivity index (χ4n) is 4.62. The maximum absolute atomic E-state index is 11.1. The van der Waals surface area contributed by atoms with E-state index in [1.807, 2.05) is 36.4 Å². The summed E-state index contributed by atoms with van der Waals surface area (Å²) in [6.07, 6.45) is 0.422. The predicted octanol–water partition coefficient (Wildman–Crippen LogP) is 1.73. The van der Waals surface area contributed by atoms with Gasteiger partial charge in [0, 0.05) is 23.7 Å². The van der Waals surface area contributed by atoms with Crippen LogP contribution in [0.1, 0.15) is 17.5 Å². The van der Waals surface area contributed by atoms with Crippen molar-refractivity contribution in [3.8, 4) is 11.3 Å². The van der Waals surface area contributed by atoms with Gasteiger partial charge in [-0.15, -0.1) is 0 Å². The predicted molar refractivity (Wildman–Crippen MR) is 134 cm³/mol. The number of nitrogens with one attached hydrogen (secondary N) is 1. The Labute approximate surface area is 208 Å². The van der Waals surface area contributed by atoms with E-state index in [-0.39, 0.29) is 13.0 Å². The number of aromatic nitrogens is 3. The first kappa shape index (κ1) is 24.3. The number of benzene rings is 2. The molecule has 5 rings (SSSR count). The maximum atomic E-state index is 11.1. The van der Waals surface area contributed by atoms with Crippen molar-refractivity contribution in [1.29, 1.82) is 0 Å². The van der Waals surface area contributed by atoms with Gasteiger partial charge in [0.05, 0.1) is 24.4 Å². The second-order valence-electron chi connectivity index (χ2n) is 9.00. The van der Waals surface area contributed by atoms with Gasteiger partial charge in [0.1, 0.15) is 11.9 Å². The molecule has 11 heteroatoms. The molecule has 5 N–H and O–H groups in total. The number of hydrogen-bond donors (Lipinski definition) is 4. The fourth-order valence-corrected chi connectivity index (χ4v) is 4.99. The van der Waals surface area contributed by atoms with Crippen molar-refractivity contribution in [2.45, 2.75) is 31.1 Å². The largest absolute Gasteiger partial charge is 0.390 e. The molecule has 0 saturated heterocycles. The minimum absolute atomic E-state index is 0.275. The van der Waals surface area contributed by atoms with Gasteiger partial charge in [-0.3, -0.25) is 4.18 Å². The van der Waals surface area contributed by atoms with Gasteiger partial charge >= 0.3 is 10.3 Å². The summed E-state index contributed by atoms with van der Waals surface area (Å²) >= 11 is 0. The Bertz CT molecular complexity index is 1460. The third-order valence-electron chi connectivity index (χ3n) is 6.41. The molecule has 0 spiro atoms. The number of aliphatic hydroxyl groups excluding tert-OH is 2. The van der Waals surface area contributed by atoms with Crippen LogP contribution in [0.2, 0.25) is 0 Å². The topological polar surface area (TPSA) is 152 Å². The molecule has 0 amide bonds. The first-order chi connectivity index (χ1) is 17.3. The molecule has 0 unspecified atom stereocenters. The maximum Gasteiger partial charge on any atom is 0.333 e. The van der Waals surface area contributed by atoms with E-state index in [0.29, 0.717) is 11.5 Å². The highest BCUT2D eigenvalue weighted by molar-refractivity contribution is 7.84. The van der Waals surface area contributed by atoms with Crippen molar-refractivity contribution in [3.05, 3.63) is 84.1 Å². The molecule has 0 aliphatic heterocycles. The van der Waals surface area contributed by atoms with Gasteiger partial charge in [-0.05, 0) is 36.1 Å². The van der Waals surface area contributed by atoms with Gasteiger partial charge in [-0.25, -0.2) is 10.1 Å². The molecule has 1 saturated carbocycles. The second-order valence-corrected chi connectivity index (χ2v) is 10.2. The third-order valence-corrected chi connectivity index (χ3v) is 6.88. The standard InChI is InChI=1S/C25H27N5O5S/c26-36(33,34)35-15-19-13-21(25(32)24(19)31)28-22-9-10-27-23-14-20(29-30(22)23)18-8-4-7-17(12-18)11-16-5-2-1-3-6-16/h1-10,12,14,19,21,24-25,28,31-32H,11,13,15H2,(H2,26,33,34)/t19-,21-,24-,25+/m1/s1. The van der Waals surface area contributed by atoms with Crippen LogP contribution in [0.3, 0.4) is 0 Å². The highest BCUT2D eigenvalue weighted by Gasteiger charge is 2.42. The number of nitrogens with two attached hydrogens (primary N) is 1. The lowest BCUT2D eigenvalue weighted by Gasteiger charge is -2.19. The van der Waals surface area contributed by atoms with E-state index >= 15 is 0 Å². The summed E-state index contributed by atoms with van der Waals surface area (Å²) < 4.78 is 28.5. The van der Waals surface area contributed by atoms with Crippen molar-refractivity contribution in [2.24, 2.45) is 11.1 Å². The second kappa shape index (κ2) is 9.96. The Hall–Kier alpha value is -3.35. The molecule has 2 aromatic carbocycles. The van der Waals surface area contributed by atoms with Crippen molar-refractivity contribution in [3.63, 3.8) is 0 Å².